The first kappa shape index (κ1) is 10.0. The Kier molecular flexibility index (Phi) is 2.83. The number of thiophene rings is 1. The van der Waals surface area contributed by atoms with Gasteiger partial charge in [-0.05, 0) is 42.7 Å². The summed E-state index contributed by atoms with van der Waals surface area (Å²) in [6.45, 7) is -2.95. The molecule has 6 nitrogen and oxygen atoms in total. The molecule has 3 N–H and O–H groups in total. The van der Waals surface area contributed by atoms with E-state index in [2.05, 4.69) is 16.8 Å². The first-order chi connectivity index (χ1) is 21.4. The minimum absolute atomic E-state index is 0.0860. The van der Waals surface area contributed by atoms with E-state index < -0.39 is 122 Å². The summed E-state index contributed by atoms with van der Waals surface area (Å²) in [4.78, 5) is 14.5. The van der Waals surface area contributed by atoms with Gasteiger partial charge in [-0.3, -0.25) is 4.79 Å². The first-order valence-electron chi connectivity index (χ1n) is 16.0. The number of para-hydroxylation sites is 1. The molecule has 162 valence electrons. The number of fused-ring (bicyclic) bond motifs is 1. The maximum Gasteiger partial charge on any atom is 0.322 e. The van der Waals surface area contributed by atoms with Crippen molar-refractivity contribution in [2.45, 2.75) is 23.5 Å². The number of H-pyrrole nitrogens is 1. The number of nitrogens with one attached hydrogen (secondary N) is 2. The Morgan fingerprint density at radius 2 is 2.06 bits per heavy atom. The second-order valence-corrected chi connectivity index (χ2v) is 8.90. The summed E-state index contributed by atoms with van der Waals surface area (Å²) in [6, 6.07) is -8.15. The molecule has 0 radical (unpaired) electrons. The molecule has 0 unspecified atom stereocenters. The zero-order valence-electron chi connectivity index (χ0n) is 30.6. The quantitative estimate of drug-likeness (QED) is 0.365. The summed E-state index contributed by atoms with van der Waals surface area (Å²) in [5.41, 5.74) is -2.78. The number of hydrogen-bond acceptors (Lipinski definition) is 4. The number of aromatic amines is 1. The van der Waals surface area contributed by atoms with Crippen LogP contribution in [0.4, 0.5) is 0 Å². The zero-order valence-corrected chi connectivity index (χ0v) is 17.3. The van der Waals surface area contributed by atoms with Crippen LogP contribution in [0.1, 0.15) is 42.1 Å². The van der Waals surface area contributed by atoms with Gasteiger partial charge >= 0.3 is 5.97 Å². The molecule has 0 aliphatic heterocycles. The summed E-state index contributed by atoms with van der Waals surface area (Å²) in [6.07, 6.45) is -4.57. The van der Waals surface area contributed by atoms with Crippen LogP contribution in [0.3, 0.4) is 0 Å². The number of rotatable bonds is 6. The molecular formula is C24H20N2O4S2. The fraction of sp³-hybridized carbons (Fsp3) is 0.125. The van der Waals surface area contributed by atoms with Crippen molar-refractivity contribution in [3.63, 3.8) is 0 Å². The lowest BCUT2D eigenvalue weighted by molar-refractivity contribution is -0.138. The number of hydrogen-bond donors (Lipinski definition) is 3. The average Bonchev–Trinajstić information content (AvgIpc) is 3.58. The van der Waals surface area contributed by atoms with Gasteiger partial charge in [0.05, 0.1) is 18.6 Å². The summed E-state index contributed by atoms with van der Waals surface area (Å²) < 4.78 is 148. The molecule has 4 aromatic rings. The summed E-state index contributed by atoms with van der Waals surface area (Å²) in [7, 11) is -5.08. The van der Waals surface area contributed by atoms with E-state index in [-0.39, 0.29) is 4.88 Å². The highest BCUT2D eigenvalue weighted by Crippen LogP contribution is 2.23. The maximum atomic E-state index is 13.3. The molecule has 0 saturated carbocycles. The maximum absolute atomic E-state index is 13.3. The van der Waals surface area contributed by atoms with Gasteiger partial charge in [0.2, 0.25) is 0 Å². The molecule has 2 heterocycles. The lowest BCUT2D eigenvalue weighted by Crippen LogP contribution is -2.41. The lowest BCUT2D eigenvalue weighted by atomic mass is 10.1. The van der Waals surface area contributed by atoms with Crippen molar-refractivity contribution in [2.75, 3.05) is 0 Å². The third-order valence-electron chi connectivity index (χ3n) is 3.73. The normalized spacial score (nSPS) is 20.8. The van der Waals surface area contributed by atoms with Gasteiger partial charge in [0, 0.05) is 35.9 Å². The summed E-state index contributed by atoms with van der Waals surface area (Å²) in [5.74, 6) is 2.41. The van der Waals surface area contributed by atoms with Gasteiger partial charge in [0.15, 0.2) is 0 Å². The molecule has 0 aliphatic carbocycles. The van der Waals surface area contributed by atoms with E-state index >= 15 is 0 Å². The predicted octanol–water partition coefficient (Wildman–Crippen LogP) is 3.91. The number of aliphatic carboxylic acids is 1. The van der Waals surface area contributed by atoms with E-state index in [0.717, 1.165) is 12.1 Å². The molecule has 0 aliphatic rings. The predicted molar refractivity (Wildman–Crippen MR) is 125 cm³/mol. The van der Waals surface area contributed by atoms with Crippen molar-refractivity contribution in [3.8, 4) is 11.8 Å². The van der Waals surface area contributed by atoms with Crippen molar-refractivity contribution >= 4 is 38.2 Å². The Labute approximate surface area is 211 Å². The van der Waals surface area contributed by atoms with Crippen molar-refractivity contribution in [2.24, 2.45) is 0 Å². The number of sulfonamides is 1. The van der Waals surface area contributed by atoms with Crippen LogP contribution in [0.2, 0.25) is 0 Å². The fourth-order valence-corrected chi connectivity index (χ4v) is 4.52. The molecule has 2 aromatic heterocycles. The topological polar surface area (TPSA) is 99.3 Å². The van der Waals surface area contributed by atoms with Gasteiger partial charge < -0.3 is 10.1 Å². The molecule has 0 fully saturated rings. The van der Waals surface area contributed by atoms with E-state index in [0.29, 0.717) is 11.3 Å². The van der Waals surface area contributed by atoms with Crippen LogP contribution in [0, 0.1) is 18.7 Å². The second-order valence-electron chi connectivity index (χ2n) is 5.90. The van der Waals surface area contributed by atoms with Crippen molar-refractivity contribution in [1.82, 2.24) is 9.71 Å². The van der Waals surface area contributed by atoms with Crippen molar-refractivity contribution in [1.29, 1.82) is 0 Å². The van der Waals surface area contributed by atoms with Crippen molar-refractivity contribution < 1.29 is 38.9 Å². The van der Waals surface area contributed by atoms with Crippen molar-refractivity contribution in [3.05, 3.63) is 88.2 Å². The van der Waals surface area contributed by atoms with Crippen LogP contribution >= 0.6 is 11.3 Å². The van der Waals surface area contributed by atoms with Crippen LogP contribution in [-0.4, -0.2) is 30.5 Å². The average molecular weight is 480 g/mol. The Hall–Kier alpha value is -3.38. The highest BCUT2D eigenvalue weighted by atomic mass is 32.2. The van der Waals surface area contributed by atoms with E-state index in [1.165, 1.54) is 4.72 Å². The van der Waals surface area contributed by atoms with Crippen LogP contribution in [0.5, 0.6) is 0 Å². The van der Waals surface area contributed by atoms with Crippen LogP contribution in [-0.2, 0) is 21.2 Å². The number of carbonyl (C=O) groups is 1. The largest absolute Gasteiger partial charge is 0.480 e. The number of benzene rings is 2. The number of aromatic nitrogens is 1. The van der Waals surface area contributed by atoms with Gasteiger partial charge in [0.1, 0.15) is 10.2 Å². The van der Waals surface area contributed by atoms with Crippen LogP contribution < -0.4 is 4.72 Å². The molecule has 2 aromatic carbocycles. The third-order valence-corrected chi connectivity index (χ3v) is 6.57. The SMILES string of the molecule is [2H]c1[nH]c2c([2H])c([2H])c([2H])c([2H])c2c1C([2H])([2H])[C@]([2H])(NS(=O)(=O)c1ccc(C#Cc2c([2H])c([2H])c(C([2H])([2H])[2H])c([2H])c2[2H])s1)C(=O)O. The molecule has 0 bridgehead atoms. The highest BCUT2D eigenvalue weighted by Gasteiger charge is 2.27. The van der Waals surface area contributed by atoms with E-state index in [1.54, 1.807) is 0 Å². The van der Waals surface area contributed by atoms with Gasteiger partial charge in [-0.15, -0.1) is 11.3 Å². The minimum atomic E-state index is -5.08. The molecule has 0 amide bonds. The van der Waals surface area contributed by atoms with Gasteiger partial charge in [-0.1, -0.05) is 47.6 Å². The van der Waals surface area contributed by atoms with E-state index in [4.69, 9.17) is 20.6 Å². The third kappa shape index (κ3) is 4.92. The molecule has 4 rings (SSSR count). The van der Waals surface area contributed by atoms with Gasteiger partial charge in [-0.25, -0.2) is 8.42 Å². The number of carboxylic acids is 1. The molecule has 8 heteroatoms. The monoisotopic (exact) mass is 479 g/mol. The van der Waals surface area contributed by atoms with Gasteiger partial charge in [-0.2, -0.15) is 4.72 Å². The number of carboxylic acid groups (broad SMARTS) is 1. The molecule has 0 saturated heterocycles. The van der Waals surface area contributed by atoms with E-state index in [1.807, 2.05) is 0 Å². The fourth-order valence-electron chi connectivity index (χ4n) is 2.34. The molecule has 0 spiro atoms. The van der Waals surface area contributed by atoms with Crippen LogP contribution in [0.25, 0.3) is 10.9 Å². The standard InChI is InChI=1S/C24H20N2O4S2/c1-16-6-8-17(9-7-16)10-11-19-12-13-23(31-19)32(29,30)26-22(24(27)28)14-18-15-25-21-5-3-2-4-20(18)21/h2-9,12-13,15,22,25-26H,14H2,1H3,(H,27,28)/t22-/m0/s1/i1D3,2D,3D,4D,5D,6D,7D,8D,9D,14D2,15D,22D. The smallest absolute Gasteiger partial charge is 0.322 e. The molecule has 32 heavy (non-hydrogen) atoms. The second kappa shape index (κ2) is 9.01. The lowest BCUT2D eigenvalue weighted by Gasteiger charge is -2.13. The van der Waals surface area contributed by atoms with E-state index in [9.17, 15) is 18.3 Å². The van der Waals surface area contributed by atoms with Crippen LogP contribution in [0.15, 0.2) is 70.9 Å². The molecular weight excluding hydrogens is 444 g/mol. The summed E-state index contributed by atoms with van der Waals surface area (Å²) >= 11 is 0.388. The summed E-state index contributed by atoms with van der Waals surface area (Å²) in [5, 5.41) is 9.29. The minimum Gasteiger partial charge on any atom is -0.480 e. The molecule has 1 atom stereocenters. The zero-order chi connectivity index (χ0) is 35.8. The Morgan fingerprint density at radius 1 is 1.28 bits per heavy atom. The Bertz CT molecular complexity index is 2140. The van der Waals surface area contributed by atoms with Gasteiger partial charge in [0.25, 0.3) is 10.0 Å². The first-order valence-corrected chi connectivity index (χ1v) is 10.8. The Balaban J connectivity index is 1.77. The Morgan fingerprint density at radius 3 is 2.81 bits per heavy atom. The highest BCUT2D eigenvalue weighted by molar-refractivity contribution is 7.91.